The number of hydrogen-bond acceptors (Lipinski definition) is 2. The fourth-order valence-electron chi connectivity index (χ4n) is 2.92. The maximum Gasteiger partial charge on any atom is 0.0655 e. The first-order valence-electron chi connectivity index (χ1n) is 6.99. The van der Waals surface area contributed by atoms with E-state index in [1.54, 1.807) is 0 Å². The predicted molar refractivity (Wildman–Crippen MR) is 67.6 cm³/mol. The third-order valence-electron chi connectivity index (χ3n) is 4.70. The van der Waals surface area contributed by atoms with Gasteiger partial charge >= 0.3 is 0 Å². The molecule has 0 aromatic rings. The van der Waals surface area contributed by atoms with E-state index in [1.165, 1.54) is 32.1 Å². The second-order valence-corrected chi connectivity index (χ2v) is 6.11. The molecule has 94 valence electrons. The van der Waals surface area contributed by atoms with Crippen LogP contribution in [-0.2, 0) is 4.74 Å². The molecule has 2 atom stereocenters. The van der Waals surface area contributed by atoms with E-state index >= 15 is 0 Å². The van der Waals surface area contributed by atoms with Crippen LogP contribution in [-0.4, -0.2) is 25.3 Å². The van der Waals surface area contributed by atoms with Crippen LogP contribution in [0.1, 0.15) is 52.9 Å². The van der Waals surface area contributed by atoms with Crippen LogP contribution >= 0.6 is 0 Å². The molecular formula is C14H27NO. The number of rotatable bonds is 6. The SMILES string of the molecule is CCNC1CC(OCCC2CCC2)C1(C)C. The molecule has 0 aromatic heterocycles. The zero-order valence-electron chi connectivity index (χ0n) is 11.1. The van der Waals surface area contributed by atoms with Gasteiger partial charge in [0.2, 0.25) is 0 Å². The van der Waals surface area contributed by atoms with Gasteiger partial charge in [-0.2, -0.15) is 0 Å². The van der Waals surface area contributed by atoms with Gasteiger partial charge in [0.25, 0.3) is 0 Å². The molecule has 0 aromatic carbocycles. The molecular weight excluding hydrogens is 198 g/mol. The Morgan fingerprint density at radius 1 is 1.31 bits per heavy atom. The van der Waals surface area contributed by atoms with Crippen molar-refractivity contribution in [2.75, 3.05) is 13.2 Å². The number of hydrogen-bond donors (Lipinski definition) is 1. The molecule has 0 spiro atoms. The van der Waals surface area contributed by atoms with Gasteiger partial charge in [-0.15, -0.1) is 0 Å². The van der Waals surface area contributed by atoms with Crippen molar-refractivity contribution in [3.05, 3.63) is 0 Å². The summed E-state index contributed by atoms with van der Waals surface area (Å²) in [5.41, 5.74) is 0.329. The highest BCUT2D eigenvalue weighted by Crippen LogP contribution is 2.43. The zero-order chi connectivity index (χ0) is 11.6. The van der Waals surface area contributed by atoms with Gasteiger partial charge in [0.15, 0.2) is 0 Å². The molecule has 0 aliphatic heterocycles. The van der Waals surface area contributed by atoms with Crippen LogP contribution < -0.4 is 5.32 Å². The van der Waals surface area contributed by atoms with Gasteiger partial charge in [-0.1, -0.05) is 40.0 Å². The minimum absolute atomic E-state index is 0.329. The lowest BCUT2D eigenvalue weighted by Gasteiger charge is -2.52. The highest BCUT2D eigenvalue weighted by atomic mass is 16.5. The summed E-state index contributed by atoms with van der Waals surface area (Å²) in [7, 11) is 0. The molecule has 2 nitrogen and oxygen atoms in total. The molecule has 2 aliphatic rings. The van der Waals surface area contributed by atoms with Crippen LogP contribution in [0.5, 0.6) is 0 Å². The predicted octanol–water partition coefficient (Wildman–Crippen LogP) is 2.97. The Hall–Kier alpha value is -0.0800. The Morgan fingerprint density at radius 2 is 2.06 bits per heavy atom. The van der Waals surface area contributed by atoms with Gasteiger partial charge in [-0.05, 0) is 25.3 Å². The minimum atomic E-state index is 0.329. The molecule has 2 heteroatoms. The highest BCUT2D eigenvalue weighted by molar-refractivity contribution is 5.02. The van der Waals surface area contributed by atoms with Crippen LogP contribution in [0, 0.1) is 11.3 Å². The quantitative estimate of drug-likeness (QED) is 0.750. The van der Waals surface area contributed by atoms with E-state index in [9.17, 15) is 0 Å². The molecule has 0 saturated heterocycles. The van der Waals surface area contributed by atoms with E-state index in [-0.39, 0.29) is 0 Å². The molecule has 16 heavy (non-hydrogen) atoms. The summed E-state index contributed by atoms with van der Waals surface area (Å²) >= 11 is 0. The lowest BCUT2D eigenvalue weighted by Crippen LogP contribution is -2.60. The fraction of sp³-hybridized carbons (Fsp3) is 1.00. The number of nitrogens with one attached hydrogen (secondary N) is 1. The zero-order valence-corrected chi connectivity index (χ0v) is 11.1. The standard InChI is InChI=1S/C14H27NO/c1-4-15-12-10-13(14(12,2)3)16-9-8-11-6-5-7-11/h11-13,15H,4-10H2,1-3H3. The molecule has 0 heterocycles. The molecule has 0 radical (unpaired) electrons. The Balaban J connectivity index is 1.63. The number of ether oxygens (including phenoxy) is 1. The lowest BCUT2D eigenvalue weighted by molar-refractivity contribution is -0.120. The van der Waals surface area contributed by atoms with Crippen molar-refractivity contribution in [1.29, 1.82) is 0 Å². The van der Waals surface area contributed by atoms with Gasteiger partial charge in [-0.3, -0.25) is 0 Å². The van der Waals surface area contributed by atoms with Crippen molar-refractivity contribution in [3.63, 3.8) is 0 Å². The van der Waals surface area contributed by atoms with E-state index in [4.69, 9.17) is 4.74 Å². The van der Waals surface area contributed by atoms with Gasteiger partial charge in [0, 0.05) is 18.1 Å². The third-order valence-corrected chi connectivity index (χ3v) is 4.70. The highest BCUT2D eigenvalue weighted by Gasteiger charge is 2.48. The average Bonchev–Trinajstić information content (AvgIpc) is 2.18. The van der Waals surface area contributed by atoms with Crippen LogP contribution in [0.25, 0.3) is 0 Å². The summed E-state index contributed by atoms with van der Waals surface area (Å²) in [6.07, 6.45) is 7.30. The minimum Gasteiger partial charge on any atom is -0.378 e. The largest absolute Gasteiger partial charge is 0.378 e. The molecule has 2 saturated carbocycles. The molecule has 0 amide bonds. The molecule has 2 fully saturated rings. The summed E-state index contributed by atoms with van der Waals surface area (Å²) in [5.74, 6) is 0.979. The van der Waals surface area contributed by atoms with Crippen LogP contribution in [0.15, 0.2) is 0 Å². The normalized spacial score (nSPS) is 33.2. The maximum atomic E-state index is 6.04. The molecule has 2 aliphatic carbocycles. The van der Waals surface area contributed by atoms with E-state index in [0.717, 1.165) is 19.1 Å². The monoisotopic (exact) mass is 225 g/mol. The summed E-state index contributed by atoms with van der Waals surface area (Å²) in [4.78, 5) is 0. The van der Waals surface area contributed by atoms with Crippen molar-refractivity contribution in [3.8, 4) is 0 Å². The summed E-state index contributed by atoms with van der Waals surface area (Å²) in [5, 5.41) is 3.54. The molecule has 2 unspecified atom stereocenters. The molecule has 2 rings (SSSR count). The molecule has 1 N–H and O–H groups in total. The van der Waals surface area contributed by atoms with Crippen molar-refractivity contribution in [1.82, 2.24) is 5.32 Å². The van der Waals surface area contributed by atoms with E-state index in [2.05, 4.69) is 26.1 Å². The van der Waals surface area contributed by atoms with Crippen LogP contribution in [0.4, 0.5) is 0 Å². The Morgan fingerprint density at radius 3 is 2.56 bits per heavy atom. The fourth-order valence-corrected chi connectivity index (χ4v) is 2.92. The van der Waals surface area contributed by atoms with Gasteiger partial charge in [0.05, 0.1) is 6.10 Å². The summed E-state index contributed by atoms with van der Waals surface area (Å²) in [6.45, 7) is 8.90. The molecule has 0 bridgehead atoms. The van der Waals surface area contributed by atoms with Gasteiger partial charge in [-0.25, -0.2) is 0 Å². The second kappa shape index (κ2) is 5.05. The smallest absolute Gasteiger partial charge is 0.0655 e. The Bertz CT molecular complexity index is 223. The van der Waals surface area contributed by atoms with E-state index in [0.29, 0.717) is 17.6 Å². The van der Waals surface area contributed by atoms with E-state index in [1.807, 2.05) is 0 Å². The van der Waals surface area contributed by atoms with Crippen molar-refractivity contribution >= 4 is 0 Å². The first-order chi connectivity index (χ1) is 7.64. The van der Waals surface area contributed by atoms with Crippen molar-refractivity contribution in [2.45, 2.75) is 65.0 Å². The van der Waals surface area contributed by atoms with Crippen LogP contribution in [0.2, 0.25) is 0 Å². The van der Waals surface area contributed by atoms with Gasteiger partial charge in [0.1, 0.15) is 0 Å². The third kappa shape index (κ3) is 2.43. The first-order valence-corrected chi connectivity index (χ1v) is 6.99. The lowest BCUT2D eigenvalue weighted by atomic mass is 9.64. The Labute approximate surface area is 100 Å². The average molecular weight is 225 g/mol. The maximum absolute atomic E-state index is 6.04. The summed E-state index contributed by atoms with van der Waals surface area (Å²) < 4.78 is 6.04. The first kappa shape index (κ1) is 12.4. The topological polar surface area (TPSA) is 21.3 Å². The van der Waals surface area contributed by atoms with Crippen molar-refractivity contribution in [2.24, 2.45) is 11.3 Å². The Kier molecular flexibility index (Phi) is 3.91. The van der Waals surface area contributed by atoms with Crippen LogP contribution in [0.3, 0.4) is 0 Å². The second-order valence-electron chi connectivity index (χ2n) is 6.11. The van der Waals surface area contributed by atoms with Gasteiger partial charge < -0.3 is 10.1 Å². The summed E-state index contributed by atoms with van der Waals surface area (Å²) in [6, 6.07) is 0.659. The van der Waals surface area contributed by atoms with E-state index < -0.39 is 0 Å². The van der Waals surface area contributed by atoms with Crippen molar-refractivity contribution < 1.29 is 4.74 Å².